The molecular formula is C18H29N3O2S. The minimum atomic E-state index is -0.861. The van der Waals surface area contributed by atoms with Crippen LogP contribution in [-0.2, 0) is 17.2 Å². The van der Waals surface area contributed by atoms with E-state index in [1.54, 1.807) is 0 Å². The average molecular weight is 352 g/mol. The van der Waals surface area contributed by atoms with Crippen LogP contribution in [-0.4, -0.2) is 46.4 Å². The van der Waals surface area contributed by atoms with Crippen molar-refractivity contribution in [1.29, 1.82) is 0 Å². The molecule has 5 nitrogen and oxygen atoms in total. The fourth-order valence-corrected chi connectivity index (χ4v) is 3.36. The van der Waals surface area contributed by atoms with Gasteiger partial charge < -0.3 is 15.4 Å². The van der Waals surface area contributed by atoms with Crippen molar-refractivity contribution in [2.45, 2.75) is 45.0 Å². The molecule has 2 N–H and O–H groups in total. The van der Waals surface area contributed by atoms with Crippen LogP contribution in [0.25, 0.3) is 0 Å². The Morgan fingerprint density at radius 3 is 2.75 bits per heavy atom. The number of hydrogen-bond donors (Lipinski definition) is 2. The Balaban J connectivity index is 1.82. The summed E-state index contributed by atoms with van der Waals surface area (Å²) in [5.74, 6) is 2.33. The van der Waals surface area contributed by atoms with Crippen LogP contribution in [0.15, 0.2) is 29.3 Å². The molecule has 1 aliphatic heterocycles. The molecule has 2 rings (SSSR count). The standard InChI is InChI=1S/C18H29N3O2S/c1-5-19-17(20-10-11-24(22)18(2,3)4)21-13-15-12-14-8-6-7-9-16(14)23-15/h6-9,15H,5,10-13H2,1-4H3,(H2,19,20,21). The monoisotopic (exact) mass is 351 g/mol. The Bertz CT molecular complexity index is 571. The number of guanidine groups is 1. The molecule has 1 aromatic rings. The van der Waals surface area contributed by atoms with Gasteiger partial charge in [-0.25, -0.2) is 4.99 Å². The molecule has 0 saturated heterocycles. The van der Waals surface area contributed by atoms with Gasteiger partial charge in [0.05, 0.1) is 6.54 Å². The Hall–Kier alpha value is -1.56. The van der Waals surface area contributed by atoms with Crippen molar-refractivity contribution in [1.82, 2.24) is 10.6 Å². The molecule has 2 atom stereocenters. The highest BCUT2D eigenvalue weighted by Crippen LogP contribution is 2.28. The summed E-state index contributed by atoms with van der Waals surface area (Å²) in [6, 6.07) is 8.13. The van der Waals surface area contributed by atoms with Crippen LogP contribution in [0.3, 0.4) is 0 Å². The summed E-state index contributed by atoms with van der Waals surface area (Å²) < 4.78 is 17.8. The summed E-state index contributed by atoms with van der Waals surface area (Å²) in [6.07, 6.45) is 0.981. The number of rotatable bonds is 6. The number of nitrogens with one attached hydrogen (secondary N) is 2. The van der Waals surface area contributed by atoms with Crippen molar-refractivity contribution in [2.75, 3.05) is 25.4 Å². The molecule has 0 saturated carbocycles. The van der Waals surface area contributed by atoms with E-state index in [0.29, 0.717) is 18.8 Å². The molecule has 0 amide bonds. The molecule has 1 aliphatic rings. The van der Waals surface area contributed by atoms with Crippen molar-refractivity contribution in [3.05, 3.63) is 29.8 Å². The molecule has 0 aliphatic carbocycles. The van der Waals surface area contributed by atoms with Crippen LogP contribution in [0.1, 0.15) is 33.3 Å². The number of benzene rings is 1. The van der Waals surface area contributed by atoms with Gasteiger partial charge in [0.25, 0.3) is 0 Å². The first-order chi connectivity index (χ1) is 11.4. The lowest BCUT2D eigenvalue weighted by atomic mass is 10.1. The first-order valence-corrected chi connectivity index (χ1v) is 9.87. The maximum absolute atomic E-state index is 12.1. The van der Waals surface area contributed by atoms with Gasteiger partial charge in [-0.3, -0.25) is 4.21 Å². The number of hydrogen-bond acceptors (Lipinski definition) is 3. The minimum absolute atomic E-state index is 0.0848. The molecule has 0 spiro atoms. The normalized spacial score (nSPS) is 18.7. The van der Waals surface area contributed by atoms with Crippen LogP contribution in [0.2, 0.25) is 0 Å². The Morgan fingerprint density at radius 1 is 1.33 bits per heavy atom. The van der Waals surface area contributed by atoms with Gasteiger partial charge in [-0.05, 0) is 39.3 Å². The molecule has 0 aromatic heterocycles. The maximum Gasteiger partial charge on any atom is 0.191 e. The van der Waals surface area contributed by atoms with Crippen LogP contribution < -0.4 is 15.4 Å². The molecule has 0 radical (unpaired) electrons. The highest BCUT2D eigenvalue weighted by molar-refractivity contribution is 7.86. The van der Waals surface area contributed by atoms with Crippen molar-refractivity contribution in [2.24, 2.45) is 4.99 Å². The molecule has 24 heavy (non-hydrogen) atoms. The second kappa shape index (κ2) is 8.51. The highest BCUT2D eigenvalue weighted by atomic mass is 32.2. The fraction of sp³-hybridized carbons (Fsp3) is 0.611. The molecule has 6 heteroatoms. The Labute approximate surface area is 147 Å². The Morgan fingerprint density at radius 2 is 2.08 bits per heavy atom. The largest absolute Gasteiger partial charge is 0.488 e. The summed E-state index contributed by atoms with van der Waals surface area (Å²) in [7, 11) is -0.861. The summed E-state index contributed by atoms with van der Waals surface area (Å²) in [4.78, 5) is 4.61. The zero-order chi connectivity index (χ0) is 17.6. The van der Waals surface area contributed by atoms with Crippen LogP contribution in [0.5, 0.6) is 5.75 Å². The van der Waals surface area contributed by atoms with Crippen LogP contribution in [0.4, 0.5) is 0 Å². The molecule has 0 bridgehead atoms. The second-order valence-corrected chi connectivity index (χ2v) is 9.18. The zero-order valence-electron chi connectivity index (χ0n) is 15.1. The van der Waals surface area contributed by atoms with Gasteiger partial charge in [-0.15, -0.1) is 0 Å². The van der Waals surface area contributed by atoms with E-state index in [-0.39, 0.29) is 10.9 Å². The second-order valence-electron chi connectivity index (χ2n) is 6.86. The molecule has 1 aromatic carbocycles. The third-order valence-corrected chi connectivity index (χ3v) is 5.71. The third kappa shape index (κ3) is 5.51. The number of aliphatic imine (C=N–C) groups is 1. The zero-order valence-corrected chi connectivity index (χ0v) is 15.9. The predicted molar refractivity (Wildman–Crippen MR) is 101 cm³/mol. The molecular weight excluding hydrogens is 322 g/mol. The summed E-state index contributed by atoms with van der Waals surface area (Å²) in [5.41, 5.74) is 1.25. The van der Waals surface area contributed by atoms with E-state index < -0.39 is 10.8 Å². The highest BCUT2D eigenvalue weighted by Gasteiger charge is 2.22. The molecule has 1 heterocycles. The van der Waals surface area contributed by atoms with Crippen molar-refractivity contribution < 1.29 is 8.95 Å². The van der Waals surface area contributed by atoms with Gasteiger partial charge in [0.1, 0.15) is 11.9 Å². The van der Waals surface area contributed by atoms with Gasteiger partial charge in [0.15, 0.2) is 5.96 Å². The van der Waals surface area contributed by atoms with Crippen molar-refractivity contribution >= 4 is 16.8 Å². The fourth-order valence-electron chi connectivity index (χ4n) is 2.46. The van der Waals surface area contributed by atoms with E-state index in [2.05, 4.69) is 21.7 Å². The number of nitrogens with zero attached hydrogens (tertiary/aromatic N) is 1. The first-order valence-electron chi connectivity index (χ1n) is 8.55. The maximum atomic E-state index is 12.1. The van der Waals surface area contributed by atoms with E-state index >= 15 is 0 Å². The number of fused-ring (bicyclic) bond motifs is 1. The predicted octanol–water partition coefficient (Wildman–Crippen LogP) is 2.09. The van der Waals surface area contributed by atoms with E-state index in [4.69, 9.17) is 4.74 Å². The SMILES string of the molecule is CCNC(=NCC1Cc2ccccc2O1)NCCS(=O)C(C)(C)C. The molecule has 0 fully saturated rings. The van der Waals surface area contributed by atoms with Crippen LogP contribution in [0, 0.1) is 0 Å². The van der Waals surface area contributed by atoms with Gasteiger partial charge in [0.2, 0.25) is 0 Å². The van der Waals surface area contributed by atoms with E-state index in [9.17, 15) is 4.21 Å². The van der Waals surface area contributed by atoms with Crippen LogP contribution >= 0.6 is 0 Å². The number of para-hydroxylation sites is 1. The van der Waals surface area contributed by atoms with E-state index in [1.807, 2.05) is 45.9 Å². The Kier molecular flexibility index (Phi) is 6.66. The lowest BCUT2D eigenvalue weighted by Gasteiger charge is -2.18. The summed E-state index contributed by atoms with van der Waals surface area (Å²) in [6.45, 7) is 10.1. The van der Waals surface area contributed by atoms with Crippen molar-refractivity contribution in [3.8, 4) is 5.75 Å². The van der Waals surface area contributed by atoms with E-state index in [1.165, 1.54) is 5.56 Å². The van der Waals surface area contributed by atoms with Gasteiger partial charge >= 0.3 is 0 Å². The smallest absolute Gasteiger partial charge is 0.191 e. The van der Waals surface area contributed by atoms with Gasteiger partial charge in [-0.1, -0.05) is 18.2 Å². The molecule has 2 unspecified atom stereocenters. The minimum Gasteiger partial charge on any atom is -0.488 e. The van der Waals surface area contributed by atoms with E-state index in [0.717, 1.165) is 24.7 Å². The topological polar surface area (TPSA) is 62.7 Å². The lowest BCUT2D eigenvalue weighted by molar-refractivity contribution is 0.241. The quantitative estimate of drug-likeness (QED) is 0.608. The first kappa shape index (κ1) is 18.8. The summed E-state index contributed by atoms with van der Waals surface area (Å²) in [5, 5.41) is 6.48. The van der Waals surface area contributed by atoms with Gasteiger partial charge in [-0.2, -0.15) is 0 Å². The van der Waals surface area contributed by atoms with Gasteiger partial charge in [0, 0.05) is 40.8 Å². The lowest BCUT2D eigenvalue weighted by Crippen LogP contribution is -2.41. The third-order valence-electron chi connectivity index (χ3n) is 3.77. The average Bonchev–Trinajstić information content (AvgIpc) is 2.94. The van der Waals surface area contributed by atoms with Crippen molar-refractivity contribution in [3.63, 3.8) is 0 Å². The number of ether oxygens (including phenoxy) is 1. The molecule has 134 valence electrons. The summed E-state index contributed by atoms with van der Waals surface area (Å²) >= 11 is 0.